The number of nitrogens with zero attached hydrogens (tertiary/aromatic N) is 2. The van der Waals surface area contributed by atoms with E-state index in [2.05, 4.69) is 69.9 Å². The van der Waals surface area contributed by atoms with Crippen LogP contribution in [0, 0.1) is 11.3 Å². The SMILES string of the molecule is CCN(CC)CC(C#N)c1ccc(C(C)(C)C)cc1. The number of rotatable bonds is 5. The molecule has 0 fully saturated rings. The molecule has 0 aliphatic carbocycles. The highest BCUT2D eigenvalue weighted by atomic mass is 15.1. The molecule has 19 heavy (non-hydrogen) atoms. The Morgan fingerprint density at radius 2 is 1.63 bits per heavy atom. The fourth-order valence-corrected chi connectivity index (χ4v) is 2.18. The lowest BCUT2D eigenvalue weighted by Gasteiger charge is -2.23. The molecule has 0 aliphatic heterocycles. The molecule has 1 rings (SSSR count). The van der Waals surface area contributed by atoms with E-state index in [1.807, 2.05) is 0 Å². The van der Waals surface area contributed by atoms with Crippen molar-refractivity contribution in [3.8, 4) is 6.07 Å². The molecule has 104 valence electrons. The van der Waals surface area contributed by atoms with Crippen LogP contribution < -0.4 is 0 Å². The predicted molar refractivity (Wildman–Crippen MR) is 81.3 cm³/mol. The Kier molecular flexibility index (Phi) is 5.57. The van der Waals surface area contributed by atoms with E-state index in [0.29, 0.717) is 0 Å². The first-order valence-corrected chi connectivity index (χ1v) is 7.14. The molecule has 1 aromatic carbocycles. The van der Waals surface area contributed by atoms with Crippen LogP contribution >= 0.6 is 0 Å². The minimum atomic E-state index is -0.0334. The molecule has 0 radical (unpaired) electrons. The molecule has 1 atom stereocenters. The Labute approximate surface area is 118 Å². The molecule has 2 nitrogen and oxygen atoms in total. The Morgan fingerprint density at radius 3 is 2.00 bits per heavy atom. The smallest absolute Gasteiger partial charge is 0.0839 e. The zero-order valence-electron chi connectivity index (χ0n) is 12.9. The van der Waals surface area contributed by atoms with Gasteiger partial charge in [-0.1, -0.05) is 58.9 Å². The summed E-state index contributed by atoms with van der Waals surface area (Å²) in [6.45, 7) is 13.7. The summed E-state index contributed by atoms with van der Waals surface area (Å²) in [5.74, 6) is -0.0334. The van der Waals surface area contributed by atoms with Crippen LogP contribution in [-0.4, -0.2) is 24.5 Å². The van der Waals surface area contributed by atoms with E-state index in [1.54, 1.807) is 0 Å². The third-order valence-corrected chi connectivity index (χ3v) is 3.67. The highest BCUT2D eigenvalue weighted by molar-refractivity contribution is 5.32. The van der Waals surface area contributed by atoms with Crippen molar-refractivity contribution in [1.82, 2.24) is 4.90 Å². The van der Waals surface area contributed by atoms with Crippen LogP contribution in [0.4, 0.5) is 0 Å². The van der Waals surface area contributed by atoms with Gasteiger partial charge in [-0.2, -0.15) is 5.26 Å². The first-order valence-electron chi connectivity index (χ1n) is 7.14. The van der Waals surface area contributed by atoms with Gasteiger partial charge in [0, 0.05) is 6.54 Å². The maximum atomic E-state index is 9.37. The van der Waals surface area contributed by atoms with Gasteiger partial charge in [0.05, 0.1) is 12.0 Å². The highest BCUT2D eigenvalue weighted by Gasteiger charge is 2.16. The summed E-state index contributed by atoms with van der Waals surface area (Å²) in [6, 6.07) is 11.0. The van der Waals surface area contributed by atoms with Crippen LogP contribution in [0.5, 0.6) is 0 Å². The van der Waals surface area contributed by atoms with Gasteiger partial charge in [0.2, 0.25) is 0 Å². The molecule has 0 aliphatic rings. The van der Waals surface area contributed by atoms with E-state index in [0.717, 1.165) is 25.2 Å². The van der Waals surface area contributed by atoms with Crippen molar-refractivity contribution in [2.45, 2.75) is 46.0 Å². The van der Waals surface area contributed by atoms with Crippen LogP contribution in [0.2, 0.25) is 0 Å². The Bertz CT molecular complexity index is 416. The maximum absolute atomic E-state index is 9.37. The fourth-order valence-electron chi connectivity index (χ4n) is 2.18. The molecule has 0 aromatic heterocycles. The zero-order chi connectivity index (χ0) is 14.5. The van der Waals surface area contributed by atoms with Gasteiger partial charge in [-0.3, -0.25) is 0 Å². The van der Waals surface area contributed by atoms with Gasteiger partial charge in [0.15, 0.2) is 0 Å². The average Bonchev–Trinajstić information content (AvgIpc) is 2.39. The van der Waals surface area contributed by atoms with Crippen molar-refractivity contribution in [2.75, 3.05) is 19.6 Å². The topological polar surface area (TPSA) is 27.0 Å². The summed E-state index contributed by atoms with van der Waals surface area (Å²) in [7, 11) is 0. The van der Waals surface area contributed by atoms with Crippen molar-refractivity contribution in [1.29, 1.82) is 5.26 Å². The molecule has 0 saturated heterocycles. The average molecular weight is 258 g/mol. The Morgan fingerprint density at radius 1 is 1.11 bits per heavy atom. The lowest BCUT2D eigenvalue weighted by molar-refractivity contribution is 0.298. The molecule has 0 amide bonds. The predicted octanol–water partition coefficient (Wildman–Crippen LogP) is 3.93. The minimum Gasteiger partial charge on any atom is -0.302 e. The molecular formula is C17H26N2. The third-order valence-electron chi connectivity index (χ3n) is 3.67. The van der Waals surface area contributed by atoms with Crippen molar-refractivity contribution in [3.05, 3.63) is 35.4 Å². The second kappa shape index (κ2) is 6.73. The van der Waals surface area contributed by atoms with Crippen molar-refractivity contribution in [2.24, 2.45) is 0 Å². The normalized spacial score (nSPS) is 13.3. The van der Waals surface area contributed by atoms with Gasteiger partial charge < -0.3 is 4.90 Å². The van der Waals surface area contributed by atoms with Crippen LogP contribution in [0.1, 0.15) is 51.7 Å². The number of hydrogen-bond acceptors (Lipinski definition) is 2. The molecule has 0 spiro atoms. The van der Waals surface area contributed by atoms with Crippen LogP contribution in [0.3, 0.4) is 0 Å². The second-order valence-electron chi connectivity index (χ2n) is 6.04. The van der Waals surface area contributed by atoms with Crippen LogP contribution in [0.15, 0.2) is 24.3 Å². The lowest BCUT2D eigenvalue weighted by Crippen LogP contribution is -2.27. The fraction of sp³-hybridized carbons (Fsp3) is 0.588. The Hall–Kier alpha value is -1.33. The summed E-state index contributed by atoms with van der Waals surface area (Å²) in [6.07, 6.45) is 0. The Balaban J connectivity index is 2.86. The summed E-state index contributed by atoms with van der Waals surface area (Å²) < 4.78 is 0. The molecule has 1 unspecified atom stereocenters. The van der Waals surface area contributed by atoms with Gasteiger partial charge in [0.1, 0.15) is 0 Å². The zero-order valence-corrected chi connectivity index (χ0v) is 12.9. The molecule has 1 aromatic rings. The number of nitriles is 1. The molecule has 0 bridgehead atoms. The van der Waals surface area contributed by atoms with E-state index in [9.17, 15) is 5.26 Å². The summed E-state index contributed by atoms with van der Waals surface area (Å²) in [5, 5.41) is 9.37. The summed E-state index contributed by atoms with van der Waals surface area (Å²) in [5.41, 5.74) is 2.61. The largest absolute Gasteiger partial charge is 0.302 e. The van der Waals surface area contributed by atoms with E-state index in [-0.39, 0.29) is 11.3 Å². The molecular weight excluding hydrogens is 232 g/mol. The van der Waals surface area contributed by atoms with Gasteiger partial charge in [0.25, 0.3) is 0 Å². The molecule has 2 heteroatoms. The number of hydrogen-bond donors (Lipinski definition) is 0. The van der Waals surface area contributed by atoms with Crippen molar-refractivity contribution in [3.63, 3.8) is 0 Å². The standard InChI is InChI=1S/C17H26N2/c1-6-19(7-2)13-15(12-18)14-8-10-16(11-9-14)17(3,4)5/h8-11,15H,6-7,13H2,1-5H3. The van der Waals surface area contributed by atoms with E-state index < -0.39 is 0 Å². The van der Waals surface area contributed by atoms with Crippen LogP contribution in [-0.2, 0) is 5.41 Å². The van der Waals surface area contributed by atoms with E-state index in [4.69, 9.17) is 0 Å². The monoisotopic (exact) mass is 258 g/mol. The van der Waals surface area contributed by atoms with E-state index in [1.165, 1.54) is 5.56 Å². The first-order chi connectivity index (χ1) is 8.92. The number of benzene rings is 1. The van der Waals surface area contributed by atoms with E-state index >= 15 is 0 Å². The van der Waals surface area contributed by atoms with Crippen molar-refractivity contribution < 1.29 is 0 Å². The maximum Gasteiger partial charge on any atom is 0.0839 e. The van der Waals surface area contributed by atoms with Gasteiger partial charge in [-0.05, 0) is 29.6 Å². The molecule has 0 heterocycles. The quantitative estimate of drug-likeness (QED) is 0.800. The molecule has 0 N–H and O–H groups in total. The summed E-state index contributed by atoms with van der Waals surface area (Å²) in [4.78, 5) is 2.30. The number of likely N-dealkylation sites (N-methyl/N-ethyl adjacent to an activating group) is 1. The third kappa shape index (κ3) is 4.36. The van der Waals surface area contributed by atoms with Crippen LogP contribution in [0.25, 0.3) is 0 Å². The van der Waals surface area contributed by atoms with Gasteiger partial charge in [-0.15, -0.1) is 0 Å². The highest BCUT2D eigenvalue weighted by Crippen LogP contribution is 2.24. The summed E-state index contributed by atoms with van der Waals surface area (Å²) >= 11 is 0. The minimum absolute atomic E-state index is 0.0334. The van der Waals surface area contributed by atoms with Gasteiger partial charge in [-0.25, -0.2) is 0 Å². The van der Waals surface area contributed by atoms with Gasteiger partial charge >= 0.3 is 0 Å². The second-order valence-corrected chi connectivity index (χ2v) is 6.04. The lowest BCUT2D eigenvalue weighted by atomic mass is 9.85. The first kappa shape index (κ1) is 15.7. The van der Waals surface area contributed by atoms with Crippen molar-refractivity contribution >= 4 is 0 Å². The molecule has 0 saturated carbocycles.